The highest BCUT2D eigenvalue weighted by atomic mass is 35.5. The quantitative estimate of drug-likeness (QED) is 0.149. The van der Waals surface area contributed by atoms with Crippen molar-refractivity contribution < 1.29 is 23.9 Å². The number of amides is 4. The topological polar surface area (TPSA) is 131 Å². The number of nitrogens with one attached hydrogen (secondary N) is 4. The molecule has 0 spiro atoms. The average molecular weight is 654 g/mol. The van der Waals surface area contributed by atoms with Crippen molar-refractivity contribution in [2.75, 3.05) is 26.0 Å². The van der Waals surface area contributed by atoms with Crippen molar-refractivity contribution in [3.8, 4) is 5.75 Å². The molecule has 10 nitrogen and oxygen atoms in total. The van der Waals surface area contributed by atoms with Crippen molar-refractivity contribution in [1.29, 1.82) is 0 Å². The lowest BCUT2D eigenvalue weighted by Gasteiger charge is -2.16. The predicted octanol–water partition coefficient (Wildman–Crippen LogP) is 4.58. The van der Waals surface area contributed by atoms with Crippen LogP contribution >= 0.6 is 23.4 Å². The van der Waals surface area contributed by atoms with E-state index in [1.807, 2.05) is 30.8 Å². The fourth-order valence-electron chi connectivity index (χ4n) is 6.09. The smallest absolute Gasteiger partial charge is 0.315 e. The number of ether oxygens (including phenoxy) is 1. The molecule has 45 heavy (non-hydrogen) atoms. The fraction of sp³-hybridized carbons (Fsp3) is 0.455. The fourth-order valence-corrected chi connectivity index (χ4v) is 7.76. The summed E-state index contributed by atoms with van der Waals surface area (Å²) in [7, 11) is 1.58. The van der Waals surface area contributed by atoms with E-state index in [4.69, 9.17) is 16.3 Å². The van der Waals surface area contributed by atoms with Gasteiger partial charge in [0.15, 0.2) is 0 Å². The van der Waals surface area contributed by atoms with Gasteiger partial charge in [0.1, 0.15) is 5.75 Å². The Bertz CT molecular complexity index is 1560. The predicted molar refractivity (Wildman–Crippen MR) is 177 cm³/mol. The number of unbranched alkanes of at least 4 members (excludes halogenated alkanes) is 2. The van der Waals surface area contributed by atoms with E-state index in [0.29, 0.717) is 52.3 Å². The standard InChI is InChI=1S/C33H40ClN5O5S/c1-20-24(25-17-23(44-2)13-14-27(25)39(20)32(42)21-9-11-22(34)12-10-21)18-30(41)36-16-6-5-15-35-29(40)8-4-3-7-28-31-26(19-45-28)37-33(43)38-31/h9-14,17,26,28,31H,3-8,15-16,18-19H2,1-2H3,(H,35,40)(H,36,41)(H2,37,38,43)/t26-,28-,31-/m0/s1. The Kier molecular flexibility index (Phi) is 10.9. The van der Waals surface area contributed by atoms with E-state index >= 15 is 0 Å². The lowest BCUT2D eigenvalue weighted by Crippen LogP contribution is -2.36. The Hall–Kier alpha value is -3.70. The van der Waals surface area contributed by atoms with Gasteiger partial charge in [-0.3, -0.25) is 19.0 Å². The maximum atomic E-state index is 13.5. The molecule has 0 unspecified atom stereocenters. The van der Waals surface area contributed by atoms with Crippen LogP contribution in [0.25, 0.3) is 10.9 Å². The number of fused-ring (bicyclic) bond motifs is 2. The van der Waals surface area contributed by atoms with Crippen molar-refractivity contribution in [2.45, 2.75) is 69.2 Å². The molecule has 4 N–H and O–H groups in total. The molecular weight excluding hydrogens is 614 g/mol. The van der Waals surface area contributed by atoms with Gasteiger partial charge in [-0.15, -0.1) is 0 Å². The molecule has 5 rings (SSSR count). The van der Waals surface area contributed by atoms with Crippen LogP contribution in [0.15, 0.2) is 42.5 Å². The van der Waals surface area contributed by atoms with Crippen LogP contribution in [0.1, 0.15) is 60.1 Å². The van der Waals surface area contributed by atoms with E-state index in [2.05, 4.69) is 21.3 Å². The first-order valence-electron chi connectivity index (χ1n) is 15.5. The molecular formula is C33H40ClN5O5S. The van der Waals surface area contributed by atoms with Crippen molar-refractivity contribution >= 4 is 58.0 Å². The third-order valence-corrected chi connectivity index (χ3v) is 10.3. The van der Waals surface area contributed by atoms with Crippen LogP contribution in [0.5, 0.6) is 5.75 Å². The van der Waals surface area contributed by atoms with Crippen molar-refractivity contribution in [2.24, 2.45) is 0 Å². The minimum Gasteiger partial charge on any atom is -0.497 e. The molecule has 12 heteroatoms. The van der Waals surface area contributed by atoms with E-state index in [1.165, 1.54) is 0 Å². The average Bonchev–Trinajstić information content (AvgIpc) is 3.67. The molecule has 0 bridgehead atoms. The Morgan fingerprint density at radius 2 is 1.73 bits per heavy atom. The highest BCUT2D eigenvalue weighted by Gasteiger charge is 2.42. The number of halogens is 1. The first-order valence-corrected chi connectivity index (χ1v) is 16.9. The maximum Gasteiger partial charge on any atom is 0.315 e. The number of thioether (sulfide) groups is 1. The lowest BCUT2D eigenvalue weighted by molar-refractivity contribution is -0.121. The summed E-state index contributed by atoms with van der Waals surface area (Å²) in [5.41, 5.74) is 2.67. The first-order chi connectivity index (χ1) is 21.7. The van der Waals surface area contributed by atoms with Gasteiger partial charge < -0.3 is 26.0 Å². The normalized spacial score (nSPS) is 18.7. The van der Waals surface area contributed by atoms with Crippen molar-refractivity contribution in [3.63, 3.8) is 0 Å². The number of rotatable bonds is 14. The second-order valence-electron chi connectivity index (χ2n) is 11.5. The number of hydrogen-bond donors (Lipinski definition) is 4. The monoisotopic (exact) mass is 653 g/mol. The summed E-state index contributed by atoms with van der Waals surface area (Å²) in [6.07, 6.45) is 4.87. The van der Waals surface area contributed by atoms with Gasteiger partial charge in [-0.2, -0.15) is 11.8 Å². The molecule has 2 aliphatic heterocycles. The van der Waals surface area contributed by atoms with E-state index in [1.54, 1.807) is 42.0 Å². The Labute approximate surface area is 272 Å². The highest BCUT2D eigenvalue weighted by molar-refractivity contribution is 8.00. The summed E-state index contributed by atoms with van der Waals surface area (Å²) in [6, 6.07) is 12.6. The Morgan fingerprint density at radius 3 is 2.47 bits per heavy atom. The number of urea groups is 1. The molecule has 2 fully saturated rings. The zero-order valence-electron chi connectivity index (χ0n) is 25.6. The van der Waals surface area contributed by atoms with Gasteiger partial charge in [0.2, 0.25) is 11.8 Å². The van der Waals surface area contributed by atoms with Crippen LogP contribution < -0.4 is 26.0 Å². The molecule has 3 aromatic rings. The zero-order chi connectivity index (χ0) is 31.9. The summed E-state index contributed by atoms with van der Waals surface area (Å²) in [4.78, 5) is 50.2. The van der Waals surface area contributed by atoms with Crippen LogP contribution in [-0.4, -0.2) is 71.6 Å². The van der Waals surface area contributed by atoms with E-state index in [0.717, 1.165) is 48.8 Å². The van der Waals surface area contributed by atoms with E-state index in [9.17, 15) is 19.2 Å². The van der Waals surface area contributed by atoms with Crippen molar-refractivity contribution in [3.05, 3.63) is 64.3 Å². The molecule has 0 radical (unpaired) electrons. The second kappa shape index (κ2) is 15.1. The largest absolute Gasteiger partial charge is 0.497 e. The molecule has 2 aliphatic rings. The minimum atomic E-state index is -0.199. The summed E-state index contributed by atoms with van der Waals surface area (Å²) in [5, 5.41) is 13.7. The molecule has 240 valence electrons. The Morgan fingerprint density at radius 1 is 1.00 bits per heavy atom. The first kappa shape index (κ1) is 32.7. The van der Waals surface area contributed by atoms with Crippen LogP contribution in [-0.2, 0) is 16.0 Å². The number of nitrogens with zero attached hydrogens (tertiary/aromatic N) is 1. The highest BCUT2D eigenvalue weighted by Crippen LogP contribution is 2.33. The van der Waals surface area contributed by atoms with Gasteiger partial charge in [-0.1, -0.05) is 18.0 Å². The maximum absolute atomic E-state index is 13.5. The number of methoxy groups -OCH3 is 1. The van der Waals surface area contributed by atoms with Crippen molar-refractivity contribution in [1.82, 2.24) is 25.8 Å². The van der Waals surface area contributed by atoms with Crippen LogP contribution in [0.2, 0.25) is 5.02 Å². The van der Waals surface area contributed by atoms with Crippen LogP contribution in [0, 0.1) is 6.92 Å². The van der Waals surface area contributed by atoms with E-state index in [-0.39, 0.29) is 42.3 Å². The number of benzene rings is 2. The third-order valence-electron chi connectivity index (χ3n) is 8.50. The summed E-state index contributed by atoms with van der Waals surface area (Å²) >= 11 is 7.91. The molecule has 2 aromatic carbocycles. The minimum absolute atomic E-state index is 0.0438. The molecule has 4 amide bonds. The lowest BCUT2D eigenvalue weighted by atomic mass is 10.0. The van der Waals surface area contributed by atoms with Gasteiger partial charge in [0.05, 0.1) is 31.1 Å². The Balaban J connectivity index is 1.04. The van der Waals surface area contributed by atoms with Crippen LogP contribution in [0.3, 0.4) is 0 Å². The molecule has 0 saturated carbocycles. The molecule has 1 aromatic heterocycles. The zero-order valence-corrected chi connectivity index (χ0v) is 27.2. The van der Waals surface area contributed by atoms with Gasteiger partial charge in [0, 0.05) is 52.2 Å². The number of hydrogen-bond acceptors (Lipinski definition) is 6. The van der Waals surface area contributed by atoms with E-state index < -0.39 is 0 Å². The van der Waals surface area contributed by atoms with Gasteiger partial charge >= 0.3 is 6.03 Å². The summed E-state index contributed by atoms with van der Waals surface area (Å²) in [5.74, 6) is 1.30. The number of carbonyl (C=O) groups is 4. The summed E-state index contributed by atoms with van der Waals surface area (Å²) < 4.78 is 7.06. The van der Waals surface area contributed by atoms with Gasteiger partial charge in [0.25, 0.3) is 5.91 Å². The van der Waals surface area contributed by atoms with Gasteiger partial charge in [-0.05, 0) is 80.6 Å². The molecule has 0 aliphatic carbocycles. The van der Waals surface area contributed by atoms with Gasteiger partial charge in [-0.25, -0.2) is 4.79 Å². The number of aromatic nitrogens is 1. The second-order valence-corrected chi connectivity index (χ2v) is 13.3. The molecule has 3 atom stereocenters. The number of carbonyl (C=O) groups excluding carboxylic acids is 4. The summed E-state index contributed by atoms with van der Waals surface area (Å²) in [6.45, 7) is 2.90. The SMILES string of the molecule is COc1ccc2c(c1)c(CC(=O)NCCCCNC(=O)CCCC[C@@H]1SC[C@@H]3NC(=O)N[C@@H]31)c(C)n2C(=O)c1ccc(Cl)cc1. The van der Waals surface area contributed by atoms with Crippen LogP contribution in [0.4, 0.5) is 4.79 Å². The third kappa shape index (κ3) is 7.94. The molecule has 2 saturated heterocycles. The molecule has 3 heterocycles.